The molecule has 2 aromatic rings. The SMILES string of the molecule is CC(=O)N1CCc2c(cncc2C(=O)NCc2c(F)cccc2F)C1. The van der Waals surface area contributed by atoms with Gasteiger partial charge in [0.2, 0.25) is 5.91 Å². The number of aromatic nitrogens is 1. The van der Waals surface area contributed by atoms with Crippen LogP contribution >= 0.6 is 0 Å². The molecule has 5 nitrogen and oxygen atoms in total. The predicted octanol–water partition coefficient (Wildman–Crippen LogP) is 2.19. The van der Waals surface area contributed by atoms with Crippen molar-refractivity contribution in [2.75, 3.05) is 6.54 Å². The fourth-order valence-corrected chi connectivity index (χ4v) is 2.92. The summed E-state index contributed by atoms with van der Waals surface area (Å²) >= 11 is 0. The lowest BCUT2D eigenvalue weighted by molar-refractivity contribution is -0.129. The highest BCUT2D eigenvalue weighted by Crippen LogP contribution is 2.22. The van der Waals surface area contributed by atoms with E-state index < -0.39 is 17.5 Å². The van der Waals surface area contributed by atoms with Gasteiger partial charge in [0.05, 0.1) is 5.56 Å². The first-order valence-corrected chi connectivity index (χ1v) is 7.89. The van der Waals surface area contributed by atoms with Crippen molar-refractivity contribution in [2.24, 2.45) is 0 Å². The maximum atomic E-state index is 13.7. The second-order valence-electron chi connectivity index (χ2n) is 5.90. The summed E-state index contributed by atoms with van der Waals surface area (Å²) in [7, 11) is 0. The van der Waals surface area contributed by atoms with Crippen LogP contribution in [0.4, 0.5) is 8.78 Å². The van der Waals surface area contributed by atoms with Crippen molar-refractivity contribution in [3.05, 3.63) is 64.5 Å². The normalized spacial score (nSPS) is 13.3. The molecule has 0 fully saturated rings. The zero-order valence-corrected chi connectivity index (χ0v) is 13.7. The van der Waals surface area contributed by atoms with E-state index in [2.05, 4.69) is 10.3 Å². The summed E-state index contributed by atoms with van der Waals surface area (Å²) < 4.78 is 27.3. The molecule has 0 bridgehead atoms. The Morgan fingerprint density at radius 2 is 1.96 bits per heavy atom. The van der Waals surface area contributed by atoms with Crippen molar-refractivity contribution in [1.82, 2.24) is 15.2 Å². The van der Waals surface area contributed by atoms with E-state index in [0.717, 1.165) is 23.3 Å². The number of fused-ring (bicyclic) bond motifs is 1. The minimum atomic E-state index is -0.703. The van der Waals surface area contributed by atoms with Crippen LogP contribution in [-0.2, 0) is 24.3 Å². The first-order chi connectivity index (χ1) is 12.0. The van der Waals surface area contributed by atoms with Gasteiger partial charge in [0.1, 0.15) is 11.6 Å². The molecule has 7 heteroatoms. The van der Waals surface area contributed by atoms with E-state index in [1.54, 1.807) is 11.1 Å². The van der Waals surface area contributed by atoms with E-state index in [1.807, 2.05) is 0 Å². The average molecular weight is 345 g/mol. The molecule has 0 atom stereocenters. The molecule has 1 aromatic carbocycles. The number of rotatable bonds is 3. The topological polar surface area (TPSA) is 62.3 Å². The van der Waals surface area contributed by atoms with Crippen LogP contribution in [0, 0.1) is 11.6 Å². The van der Waals surface area contributed by atoms with E-state index in [0.29, 0.717) is 25.1 Å². The summed E-state index contributed by atoms with van der Waals surface area (Å²) in [5, 5.41) is 2.54. The number of carbonyl (C=O) groups is 2. The summed E-state index contributed by atoms with van der Waals surface area (Å²) in [6, 6.07) is 3.56. The Morgan fingerprint density at radius 1 is 1.24 bits per heavy atom. The molecule has 3 rings (SSSR count). The molecule has 0 unspecified atom stereocenters. The van der Waals surface area contributed by atoms with Gasteiger partial charge >= 0.3 is 0 Å². The zero-order valence-electron chi connectivity index (χ0n) is 13.7. The third kappa shape index (κ3) is 3.50. The fourth-order valence-electron chi connectivity index (χ4n) is 2.92. The van der Waals surface area contributed by atoms with Gasteiger partial charge in [-0.3, -0.25) is 14.6 Å². The van der Waals surface area contributed by atoms with Crippen LogP contribution in [-0.4, -0.2) is 28.2 Å². The van der Waals surface area contributed by atoms with Gasteiger partial charge in [-0.2, -0.15) is 0 Å². The number of hydrogen-bond acceptors (Lipinski definition) is 3. The van der Waals surface area contributed by atoms with Crippen molar-refractivity contribution in [2.45, 2.75) is 26.4 Å². The number of pyridine rings is 1. The van der Waals surface area contributed by atoms with E-state index in [4.69, 9.17) is 0 Å². The molecule has 2 heterocycles. The number of carbonyl (C=O) groups excluding carboxylic acids is 2. The van der Waals surface area contributed by atoms with Gasteiger partial charge in [-0.15, -0.1) is 0 Å². The second-order valence-corrected chi connectivity index (χ2v) is 5.90. The summed E-state index contributed by atoms with van der Waals surface area (Å²) in [5.41, 5.74) is 1.82. The lowest BCUT2D eigenvalue weighted by atomic mass is 9.96. The molecule has 0 saturated heterocycles. The Morgan fingerprint density at radius 3 is 2.64 bits per heavy atom. The van der Waals surface area contributed by atoms with Gasteiger partial charge in [0, 0.05) is 44.5 Å². The van der Waals surface area contributed by atoms with Crippen molar-refractivity contribution in [1.29, 1.82) is 0 Å². The zero-order chi connectivity index (χ0) is 18.0. The quantitative estimate of drug-likeness (QED) is 0.928. The Balaban J connectivity index is 1.78. The van der Waals surface area contributed by atoms with Crippen molar-refractivity contribution in [3.8, 4) is 0 Å². The first kappa shape index (κ1) is 17.0. The molecule has 0 saturated carbocycles. The average Bonchev–Trinajstić information content (AvgIpc) is 2.60. The summed E-state index contributed by atoms with van der Waals surface area (Å²) in [6.07, 6.45) is 3.61. The molecule has 2 amide bonds. The molecule has 25 heavy (non-hydrogen) atoms. The standard InChI is InChI=1S/C18H17F2N3O2/c1-11(24)23-6-5-13-12(10-23)7-21-8-14(13)18(25)22-9-15-16(19)3-2-4-17(15)20/h2-4,7-8H,5-6,9-10H2,1H3,(H,22,25). The number of halogens is 2. The fraction of sp³-hybridized carbons (Fsp3) is 0.278. The van der Waals surface area contributed by atoms with Gasteiger partial charge in [0.15, 0.2) is 0 Å². The molecular weight excluding hydrogens is 328 g/mol. The molecule has 1 aliphatic rings. The number of nitrogens with one attached hydrogen (secondary N) is 1. The number of benzene rings is 1. The Hall–Kier alpha value is -2.83. The highest BCUT2D eigenvalue weighted by Gasteiger charge is 2.23. The van der Waals surface area contributed by atoms with Crippen LogP contribution in [0.5, 0.6) is 0 Å². The maximum absolute atomic E-state index is 13.7. The van der Waals surface area contributed by atoms with Crippen molar-refractivity contribution < 1.29 is 18.4 Å². The molecule has 1 aliphatic heterocycles. The van der Waals surface area contributed by atoms with Crippen molar-refractivity contribution in [3.63, 3.8) is 0 Å². The first-order valence-electron chi connectivity index (χ1n) is 7.89. The minimum Gasteiger partial charge on any atom is -0.348 e. The Labute approximate surface area is 143 Å². The minimum absolute atomic E-state index is 0.0319. The summed E-state index contributed by atoms with van der Waals surface area (Å²) in [6.45, 7) is 2.17. The lowest BCUT2D eigenvalue weighted by Gasteiger charge is -2.28. The van der Waals surface area contributed by atoms with Crippen LogP contribution in [0.1, 0.15) is 34.0 Å². The number of amides is 2. The number of hydrogen-bond donors (Lipinski definition) is 1. The molecule has 1 aromatic heterocycles. The van der Waals surface area contributed by atoms with Crippen LogP contribution in [0.3, 0.4) is 0 Å². The molecular formula is C18H17F2N3O2. The third-order valence-electron chi connectivity index (χ3n) is 4.32. The third-order valence-corrected chi connectivity index (χ3v) is 4.32. The monoisotopic (exact) mass is 345 g/mol. The predicted molar refractivity (Wildman–Crippen MR) is 86.6 cm³/mol. The van der Waals surface area contributed by atoms with E-state index in [-0.39, 0.29) is 18.0 Å². The van der Waals surface area contributed by atoms with Crippen LogP contribution in [0.15, 0.2) is 30.6 Å². The molecule has 0 aliphatic carbocycles. The smallest absolute Gasteiger partial charge is 0.253 e. The van der Waals surface area contributed by atoms with Crippen molar-refractivity contribution >= 4 is 11.8 Å². The number of nitrogens with zero attached hydrogens (tertiary/aromatic N) is 2. The highest BCUT2D eigenvalue weighted by molar-refractivity contribution is 5.95. The van der Waals surface area contributed by atoms with E-state index in [9.17, 15) is 18.4 Å². The highest BCUT2D eigenvalue weighted by atomic mass is 19.1. The Bertz CT molecular complexity index is 819. The maximum Gasteiger partial charge on any atom is 0.253 e. The van der Waals surface area contributed by atoms with Crippen LogP contribution in [0.2, 0.25) is 0 Å². The van der Waals surface area contributed by atoms with Crippen LogP contribution < -0.4 is 5.32 Å². The van der Waals surface area contributed by atoms with Gasteiger partial charge in [-0.1, -0.05) is 6.07 Å². The van der Waals surface area contributed by atoms with E-state index >= 15 is 0 Å². The summed E-state index contributed by atoms with van der Waals surface area (Å²) in [5.74, 6) is -1.88. The molecule has 0 radical (unpaired) electrons. The second kappa shape index (κ2) is 6.96. The molecule has 0 spiro atoms. The largest absolute Gasteiger partial charge is 0.348 e. The van der Waals surface area contributed by atoms with Gasteiger partial charge in [-0.25, -0.2) is 8.78 Å². The molecule has 130 valence electrons. The van der Waals surface area contributed by atoms with Gasteiger partial charge in [-0.05, 0) is 29.7 Å². The van der Waals surface area contributed by atoms with E-state index in [1.165, 1.54) is 19.2 Å². The van der Waals surface area contributed by atoms with Gasteiger partial charge < -0.3 is 10.2 Å². The lowest BCUT2D eigenvalue weighted by Crippen LogP contribution is -2.36. The van der Waals surface area contributed by atoms with Gasteiger partial charge in [0.25, 0.3) is 5.91 Å². The van der Waals surface area contributed by atoms with Crippen LogP contribution in [0.25, 0.3) is 0 Å². The molecule has 1 N–H and O–H groups in total. The Kier molecular flexibility index (Phi) is 4.74. The summed E-state index contributed by atoms with van der Waals surface area (Å²) in [4.78, 5) is 29.7.